The predicted octanol–water partition coefficient (Wildman–Crippen LogP) is 4.39. The first-order valence-electron chi connectivity index (χ1n) is 7.14. The van der Waals surface area contributed by atoms with E-state index >= 15 is 0 Å². The first-order valence-corrected chi connectivity index (χ1v) is 7.51. The summed E-state index contributed by atoms with van der Waals surface area (Å²) in [5, 5.41) is 0.0439. The third-order valence-corrected chi connectivity index (χ3v) is 4.08. The van der Waals surface area contributed by atoms with Crippen LogP contribution in [0.15, 0.2) is 12.1 Å². The third-order valence-electron chi connectivity index (χ3n) is 3.87. The second-order valence-electron chi connectivity index (χ2n) is 5.35. The Morgan fingerprint density at radius 3 is 2.70 bits per heavy atom. The molecular weight excluding hydrogens is 281 g/mol. The average Bonchev–Trinajstić information content (AvgIpc) is 2.43. The van der Waals surface area contributed by atoms with Gasteiger partial charge in [-0.3, -0.25) is 4.79 Å². The van der Waals surface area contributed by atoms with Crippen LogP contribution in [0.2, 0.25) is 5.15 Å². The van der Waals surface area contributed by atoms with Gasteiger partial charge in [0.25, 0.3) is 5.95 Å². The minimum absolute atomic E-state index is 0.0439. The molecule has 0 N–H and O–H groups in total. The zero-order valence-corrected chi connectivity index (χ0v) is 12.3. The summed E-state index contributed by atoms with van der Waals surface area (Å²) in [6.07, 6.45) is 6.15. The molecule has 0 bridgehead atoms. The van der Waals surface area contributed by atoms with Gasteiger partial charge in [-0.1, -0.05) is 31.4 Å². The minimum Gasteiger partial charge on any atom is -0.421 e. The number of aromatic nitrogens is 1. The molecule has 1 saturated carbocycles. The molecule has 0 saturated heterocycles. The van der Waals surface area contributed by atoms with Crippen LogP contribution in [0.5, 0.6) is 5.75 Å². The summed E-state index contributed by atoms with van der Waals surface area (Å²) in [5.41, 5.74) is 0. The van der Waals surface area contributed by atoms with Crippen molar-refractivity contribution in [3.63, 3.8) is 0 Å². The van der Waals surface area contributed by atoms with Gasteiger partial charge in [0.15, 0.2) is 5.75 Å². The molecule has 0 aliphatic heterocycles. The van der Waals surface area contributed by atoms with Crippen molar-refractivity contribution in [1.29, 1.82) is 0 Å². The lowest BCUT2D eigenvalue weighted by atomic mass is 9.80. The van der Waals surface area contributed by atoms with Crippen LogP contribution in [0.3, 0.4) is 0 Å². The third kappa shape index (κ3) is 3.92. The Kier molecular flexibility index (Phi) is 5.35. The maximum absolute atomic E-state index is 13.5. The summed E-state index contributed by atoms with van der Waals surface area (Å²) in [5.74, 6) is -0.750. The number of halogens is 2. The van der Waals surface area contributed by atoms with Crippen molar-refractivity contribution in [3.8, 4) is 5.75 Å². The van der Waals surface area contributed by atoms with Crippen LogP contribution in [0, 0.1) is 17.8 Å². The number of hydrogen-bond acceptors (Lipinski definition) is 3. The number of carbonyl (C=O) groups is 1. The SMILES string of the molecule is CCCC1CCC(C(=O)Oc2ccc(Cl)nc2F)CC1. The van der Waals surface area contributed by atoms with Crippen molar-refractivity contribution in [2.45, 2.75) is 45.4 Å². The fourth-order valence-corrected chi connectivity index (χ4v) is 2.90. The molecule has 0 spiro atoms. The van der Waals surface area contributed by atoms with E-state index in [2.05, 4.69) is 11.9 Å². The Hall–Kier alpha value is -1.16. The van der Waals surface area contributed by atoms with E-state index in [1.54, 1.807) is 0 Å². The number of carbonyl (C=O) groups excluding carboxylic acids is 1. The van der Waals surface area contributed by atoms with E-state index in [1.165, 1.54) is 25.0 Å². The summed E-state index contributed by atoms with van der Waals surface area (Å²) in [7, 11) is 0. The Morgan fingerprint density at radius 2 is 2.10 bits per heavy atom. The van der Waals surface area contributed by atoms with Crippen molar-refractivity contribution < 1.29 is 13.9 Å². The molecule has 20 heavy (non-hydrogen) atoms. The van der Waals surface area contributed by atoms with E-state index in [1.807, 2.05) is 0 Å². The predicted molar refractivity (Wildman–Crippen MR) is 75.2 cm³/mol. The highest BCUT2D eigenvalue weighted by atomic mass is 35.5. The van der Waals surface area contributed by atoms with Crippen molar-refractivity contribution in [1.82, 2.24) is 4.98 Å². The van der Waals surface area contributed by atoms with Crippen LogP contribution in [0.1, 0.15) is 45.4 Å². The van der Waals surface area contributed by atoms with Gasteiger partial charge in [-0.2, -0.15) is 4.39 Å². The molecule has 0 amide bonds. The fourth-order valence-electron chi connectivity index (χ4n) is 2.76. The molecule has 0 aromatic carbocycles. The summed E-state index contributed by atoms with van der Waals surface area (Å²) in [6.45, 7) is 2.18. The second-order valence-corrected chi connectivity index (χ2v) is 5.74. The number of hydrogen-bond donors (Lipinski definition) is 0. The fraction of sp³-hybridized carbons (Fsp3) is 0.600. The average molecular weight is 300 g/mol. The quantitative estimate of drug-likeness (QED) is 0.611. The Balaban J connectivity index is 1.89. The summed E-state index contributed by atoms with van der Waals surface area (Å²) in [4.78, 5) is 15.4. The van der Waals surface area contributed by atoms with Gasteiger partial charge in [0.2, 0.25) is 0 Å². The smallest absolute Gasteiger partial charge is 0.314 e. The maximum Gasteiger partial charge on any atom is 0.314 e. The van der Waals surface area contributed by atoms with Crippen molar-refractivity contribution in [2.24, 2.45) is 11.8 Å². The van der Waals surface area contributed by atoms with Crippen LogP contribution in [-0.2, 0) is 4.79 Å². The molecule has 0 radical (unpaired) electrons. The number of pyridine rings is 1. The topological polar surface area (TPSA) is 39.2 Å². The van der Waals surface area contributed by atoms with Crippen LogP contribution in [-0.4, -0.2) is 11.0 Å². The van der Waals surface area contributed by atoms with E-state index in [-0.39, 0.29) is 22.8 Å². The summed E-state index contributed by atoms with van der Waals surface area (Å²) < 4.78 is 18.6. The van der Waals surface area contributed by atoms with E-state index in [0.717, 1.165) is 31.6 Å². The first kappa shape index (κ1) is 15.2. The molecular formula is C15H19ClFNO2. The first-order chi connectivity index (χ1) is 9.60. The second kappa shape index (κ2) is 7.02. The molecule has 1 fully saturated rings. The molecule has 1 aromatic heterocycles. The lowest BCUT2D eigenvalue weighted by Gasteiger charge is -2.26. The van der Waals surface area contributed by atoms with Gasteiger partial charge in [0, 0.05) is 0 Å². The zero-order valence-electron chi connectivity index (χ0n) is 11.6. The molecule has 0 atom stereocenters. The van der Waals surface area contributed by atoms with Crippen LogP contribution < -0.4 is 4.74 Å². The highest BCUT2D eigenvalue weighted by Gasteiger charge is 2.28. The summed E-state index contributed by atoms with van der Waals surface area (Å²) in [6, 6.07) is 2.75. The molecule has 1 aromatic rings. The van der Waals surface area contributed by atoms with Gasteiger partial charge in [0.05, 0.1) is 5.92 Å². The molecule has 1 aliphatic rings. The van der Waals surface area contributed by atoms with Crippen LogP contribution in [0.25, 0.3) is 0 Å². The van der Waals surface area contributed by atoms with Gasteiger partial charge < -0.3 is 4.74 Å². The van der Waals surface area contributed by atoms with Gasteiger partial charge in [0.1, 0.15) is 5.15 Å². The highest BCUT2D eigenvalue weighted by molar-refractivity contribution is 6.29. The van der Waals surface area contributed by atoms with E-state index in [4.69, 9.17) is 16.3 Å². The van der Waals surface area contributed by atoms with Crippen molar-refractivity contribution in [2.75, 3.05) is 0 Å². The number of ether oxygens (including phenoxy) is 1. The van der Waals surface area contributed by atoms with Gasteiger partial charge in [-0.05, 0) is 43.7 Å². The molecule has 110 valence electrons. The standard InChI is InChI=1S/C15H19ClFNO2/c1-2-3-10-4-6-11(7-5-10)15(19)20-12-8-9-13(16)18-14(12)17/h8-11H,2-7H2,1H3. The zero-order chi connectivity index (χ0) is 14.5. The Morgan fingerprint density at radius 1 is 1.40 bits per heavy atom. The maximum atomic E-state index is 13.5. The molecule has 1 heterocycles. The number of esters is 1. The van der Waals surface area contributed by atoms with Gasteiger partial charge in [-0.25, -0.2) is 4.98 Å². The Bertz CT molecular complexity index is 473. The molecule has 2 rings (SSSR count). The highest BCUT2D eigenvalue weighted by Crippen LogP contribution is 2.32. The lowest BCUT2D eigenvalue weighted by Crippen LogP contribution is -2.26. The normalized spacial score (nSPS) is 22.6. The minimum atomic E-state index is -0.842. The number of nitrogens with zero attached hydrogens (tertiary/aromatic N) is 1. The molecule has 3 nitrogen and oxygen atoms in total. The largest absolute Gasteiger partial charge is 0.421 e. The van der Waals surface area contributed by atoms with Crippen LogP contribution in [0.4, 0.5) is 4.39 Å². The van der Waals surface area contributed by atoms with Crippen LogP contribution >= 0.6 is 11.6 Å². The van der Waals surface area contributed by atoms with Crippen molar-refractivity contribution >= 4 is 17.6 Å². The Labute approximate surface area is 123 Å². The van der Waals surface area contributed by atoms with Gasteiger partial charge >= 0.3 is 5.97 Å². The van der Waals surface area contributed by atoms with E-state index < -0.39 is 5.95 Å². The summed E-state index contributed by atoms with van der Waals surface area (Å²) >= 11 is 5.56. The van der Waals surface area contributed by atoms with Crippen molar-refractivity contribution in [3.05, 3.63) is 23.2 Å². The molecule has 1 aliphatic carbocycles. The van der Waals surface area contributed by atoms with E-state index in [9.17, 15) is 9.18 Å². The number of rotatable bonds is 4. The van der Waals surface area contributed by atoms with E-state index in [0.29, 0.717) is 0 Å². The monoisotopic (exact) mass is 299 g/mol. The molecule has 0 unspecified atom stereocenters. The van der Waals surface area contributed by atoms with Gasteiger partial charge in [-0.15, -0.1) is 0 Å². The lowest BCUT2D eigenvalue weighted by molar-refractivity contribution is -0.140. The molecule has 5 heteroatoms.